The van der Waals surface area contributed by atoms with Gasteiger partial charge in [0.2, 0.25) is 0 Å². The Morgan fingerprint density at radius 3 is 2.60 bits per heavy atom. The van der Waals surface area contributed by atoms with E-state index in [1.54, 1.807) is 6.92 Å². The minimum absolute atomic E-state index is 0.126. The van der Waals surface area contributed by atoms with Gasteiger partial charge in [-0.2, -0.15) is 0 Å². The van der Waals surface area contributed by atoms with Crippen molar-refractivity contribution in [1.82, 2.24) is 10.5 Å². The molecular weight excluding hydrogens is 260 g/mol. The normalized spacial score (nSPS) is 26.2. The summed E-state index contributed by atoms with van der Waals surface area (Å²) in [6.45, 7) is 3.79. The largest absolute Gasteiger partial charge is 0.480 e. The van der Waals surface area contributed by atoms with Crippen LogP contribution < -0.4 is 5.32 Å². The van der Waals surface area contributed by atoms with Crippen molar-refractivity contribution in [3.8, 4) is 0 Å². The highest BCUT2D eigenvalue weighted by Crippen LogP contribution is 2.34. The summed E-state index contributed by atoms with van der Waals surface area (Å²) in [5.41, 5.74) is -1.05. The van der Waals surface area contributed by atoms with Gasteiger partial charge >= 0.3 is 5.97 Å². The number of rotatable bonds is 4. The Labute approximate surface area is 117 Å². The summed E-state index contributed by atoms with van der Waals surface area (Å²) in [5.74, 6) is -0.386. The second-order valence-electron chi connectivity index (χ2n) is 5.52. The highest BCUT2D eigenvalue weighted by Gasteiger charge is 2.43. The molecule has 0 radical (unpaired) electrons. The third-order valence-electron chi connectivity index (χ3n) is 4.16. The molecular formula is C14H20N2O4. The summed E-state index contributed by atoms with van der Waals surface area (Å²) in [5, 5.41) is 15.8. The van der Waals surface area contributed by atoms with Crippen molar-refractivity contribution >= 4 is 11.9 Å². The summed E-state index contributed by atoms with van der Waals surface area (Å²) in [4.78, 5) is 23.7. The van der Waals surface area contributed by atoms with E-state index in [1.165, 1.54) is 6.07 Å². The molecule has 1 saturated carbocycles. The van der Waals surface area contributed by atoms with E-state index in [-0.39, 0.29) is 5.69 Å². The van der Waals surface area contributed by atoms with Crippen molar-refractivity contribution in [3.05, 3.63) is 17.5 Å². The SMILES string of the molecule is CCC1CCC(NC(=O)c2cc(C)on2)(C(=O)O)CC1. The maximum atomic E-state index is 12.1. The van der Waals surface area contributed by atoms with Crippen LogP contribution in [-0.4, -0.2) is 27.7 Å². The van der Waals surface area contributed by atoms with Crippen LogP contribution in [0.5, 0.6) is 0 Å². The number of hydrogen-bond donors (Lipinski definition) is 2. The lowest BCUT2D eigenvalue weighted by Gasteiger charge is -2.37. The first-order chi connectivity index (χ1) is 9.47. The van der Waals surface area contributed by atoms with E-state index >= 15 is 0 Å². The minimum Gasteiger partial charge on any atom is -0.480 e. The van der Waals surface area contributed by atoms with Crippen LogP contribution in [0.2, 0.25) is 0 Å². The van der Waals surface area contributed by atoms with Gasteiger partial charge in [0.1, 0.15) is 11.3 Å². The monoisotopic (exact) mass is 280 g/mol. The molecule has 1 aliphatic carbocycles. The average Bonchev–Trinajstić information content (AvgIpc) is 2.86. The van der Waals surface area contributed by atoms with Crippen LogP contribution in [0.15, 0.2) is 10.6 Å². The Morgan fingerprint density at radius 2 is 2.15 bits per heavy atom. The highest BCUT2D eigenvalue weighted by molar-refractivity contribution is 5.96. The van der Waals surface area contributed by atoms with Crippen molar-refractivity contribution in [1.29, 1.82) is 0 Å². The van der Waals surface area contributed by atoms with Gasteiger partial charge in [-0.1, -0.05) is 18.5 Å². The van der Waals surface area contributed by atoms with Gasteiger partial charge in [-0.15, -0.1) is 0 Å². The van der Waals surface area contributed by atoms with Crippen LogP contribution in [0.25, 0.3) is 0 Å². The van der Waals surface area contributed by atoms with Crippen LogP contribution in [0.4, 0.5) is 0 Å². The zero-order chi connectivity index (χ0) is 14.8. The Hall–Kier alpha value is -1.85. The number of aromatic nitrogens is 1. The van der Waals surface area contributed by atoms with E-state index in [1.807, 2.05) is 0 Å². The Balaban J connectivity index is 2.10. The number of nitrogens with zero attached hydrogens (tertiary/aromatic N) is 1. The number of carboxylic acid groups (broad SMARTS) is 1. The van der Waals surface area contributed by atoms with Crippen molar-refractivity contribution in [2.24, 2.45) is 5.92 Å². The Bertz CT molecular complexity index is 501. The first-order valence-corrected chi connectivity index (χ1v) is 6.96. The molecule has 0 bridgehead atoms. The van der Waals surface area contributed by atoms with Crippen LogP contribution in [0.3, 0.4) is 0 Å². The van der Waals surface area contributed by atoms with Crippen molar-refractivity contribution in [2.75, 3.05) is 0 Å². The topological polar surface area (TPSA) is 92.4 Å². The van der Waals surface area contributed by atoms with Gasteiger partial charge in [0.05, 0.1) is 0 Å². The third kappa shape index (κ3) is 2.84. The summed E-state index contributed by atoms with van der Waals surface area (Å²) in [6, 6.07) is 1.50. The van der Waals surface area contributed by atoms with Crippen LogP contribution in [0, 0.1) is 12.8 Å². The van der Waals surface area contributed by atoms with E-state index in [0.717, 1.165) is 19.3 Å². The Kier molecular flexibility index (Phi) is 4.11. The molecule has 1 heterocycles. The zero-order valence-corrected chi connectivity index (χ0v) is 11.8. The highest BCUT2D eigenvalue weighted by atomic mass is 16.5. The fourth-order valence-corrected chi connectivity index (χ4v) is 2.73. The van der Waals surface area contributed by atoms with Gasteiger partial charge in [-0.05, 0) is 38.5 Å². The second kappa shape index (κ2) is 5.64. The lowest BCUT2D eigenvalue weighted by Crippen LogP contribution is -2.56. The van der Waals surface area contributed by atoms with Crippen LogP contribution in [0.1, 0.15) is 55.3 Å². The number of nitrogens with one attached hydrogen (secondary N) is 1. The molecule has 1 aromatic rings. The van der Waals surface area contributed by atoms with E-state index in [4.69, 9.17) is 4.52 Å². The van der Waals surface area contributed by atoms with E-state index in [0.29, 0.717) is 24.5 Å². The van der Waals surface area contributed by atoms with E-state index in [2.05, 4.69) is 17.4 Å². The quantitative estimate of drug-likeness (QED) is 0.881. The fourth-order valence-electron chi connectivity index (χ4n) is 2.73. The average molecular weight is 280 g/mol. The first kappa shape index (κ1) is 14.6. The fraction of sp³-hybridized carbons (Fsp3) is 0.643. The number of carbonyl (C=O) groups is 2. The predicted octanol–water partition coefficient (Wildman–Crippen LogP) is 2.14. The number of carbonyl (C=O) groups excluding carboxylic acids is 1. The van der Waals surface area contributed by atoms with Crippen LogP contribution >= 0.6 is 0 Å². The maximum absolute atomic E-state index is 12.1. The molecule has 6 nitrogen and oxygen atoms in total. The van der Waals surface area contributed by atoms with Crippen LogP contribution in [-0.2, 0) is 4.79 Å². The molecule has 1 amide bonds. The molecule has 20 heavy (non-hydrogen) atoms. The van der Waals surface area contributed by atoms with Crippen molar-refractivity contribution in [3.63, 3.8) is 0 Å². The second-order valence-corrected chi connectivity index (χ2v) is 5.52. The lowest BCUT2D eigenvalue weighted by molar-refractivity contribution is -0.146. The molecule has 0 unspecified atom stereocenters. The third-order valence-corrected chi connectivity index (χ3v) is 4.16. The molecule has 0 aliphatic heterocycles. The number of carboxylic acids is 1. The molecule has 0 aromatic carbocycles. The minimum atomic E-state index is -1.17. The molecule has 1 aromatic heterocycles. The molecule has 1 fully saturated rings. The molecule has 0 saturated heterocycles. The smallest absolute Gasteiger partial charge is 0.329 e. The number of aliphatic carboxylic acids is 1. The van der Waals surface area contributed by atoms with Gasteiger partial charge in [0.15, 0.2) is 5.69 Å². The van der Waals surface area contributed by atoms with Crippen molar-refractivity contribution < 1.29 is 19.2 Å². The summed E-state index contributed by atoms with van der Waals surface area (Å²) in [6.07, 6.45) is 3.61. The van der Waals surface area contributed by atoms with Crippen molar-refractivity contribution in [2.45, 2.75) is 51.5 Å². The lowest BCUT2D eigenvalue weighted by atomic mass is 9.75. The molecule has 6 heteroatoms. The standard InChI is InChI=1S/C14H20N2O4/c1-3-10-4-6-14(7-5-10,13(18)19)15-12(17)11-8-9(2)20-16-11/h8,10H,3-7H2,1-2H3,(H,15,17)(H,18,19). The number of hydrogen-bond acceptors (Lipinski definition) is 4. The first-order valence-electron chi connectivity index (χ1n) is 6.96. The predicted molar refractivity (Wildman–Crippen MR) is 71.3 cm³/mol. The van der Waals surface area contributed by atoms with Gasteiger partial charge in [-0.3, -0.25) is 4.79 Å². The number of aryl methyl sites for hydroxylation is 1. The maximum Gasteiger partial charge on any atom is 0.329 e. The number of amides is 1. The summed E-state index contributed by atoms with van der Waals surface area (Å²) in [7, 11) is 0. The van der Waals surface area contributed by atoms with Gasteiger partial charge in [0.25, 0.3) is 5.91 Å². The summed E-state index contributed by atoms with van der Waals surface area (Å²) >= 11 is 0. The van der Waals surface area contributed by atoms with E-state index < -0.39 is 17.4 Å². The molecule has 1 aliphatic rings. The Morgan fingerprint density at radius 1 is 1.50 bits per heavy atom. The van der Waals surface area contributed by atoms with Gasteiger partial charge < -0.3 is 14.9 Å². The molecule has 2 rings (SSSR count). The van der Waals surface area contributed by atoms with Gasteiger partial charge in [-0.25, -0.2) is 4.79 Å². The molecule has 0 spiro atoms. The summed E-state index contributed by atoms with van der Waals surface area (Å²) < 4.78 is 4.84. The molecule has 0 atom stereocenters. The molecule has 2 N–H and O–H groups in total. The zero-order valence-electron chi connectivity index (χ0n) is 11.8. The van der Waals surface area contributed by atoms with E-state index in [9.17, 15) is 14.7 Å². The molecule has 110 valence electrons. The van der Waals surface area contributed by atoms with Gasteiger partial charge in [0, 0.05) is 6.07 Å².